The first-order valence-corrected chi connectivity index (χ1v) is 8.87. The van der Waals surface area contributed by atoms with Gasteiger partial charge in [-0.3, -0.25) is 4.90 Å². The minimum atomic E-state index is -0.514. The second-order valence-electron chi connectivity index (χ2n) is 6.62. The highest BCUT2D eigenvalue weighted by atomic mass is 16.5. The van der Waals surface area contributed by atoms with Crippen molar-refractivity contribution in [2.24, 2.45) is 0 Å². The molecule has 25 heavy (non-hydrogen) atoms. The average molecular weight is 342 g/mol. The van der Waals surface area contributed by atoms with Crippen molar-refractivity contribution in [1.29, 1.82) is 0 Å². The highest BCUT2D eigenvalue weighted by molar-refractivity contribution is 5.27. The van der Waals surface area contributed by atoms with Crippen LogP contribution in [0.5, 0.6) is 5.75 Å². The summed E-state index contributed by atoms with van der Waals surface area (Å²) in [6.45, 7) is 5.80. The molecule has 4 heteroatoms. The van der Waals surface area contributed by atoms with Gasteiger partial charge in [0.1, 0.15) is 18.5 Å². The lowest BCUT2D eigenvalue weighted by atomic mass is 10.2. The lowest BCUT2D eigenvalue weighted by Crippen LogP contribution is -2.32. The molecule has 0 heterocycles. The zero-order valence-corrected chi connectivity index (χ0v) is 15.6. The highest BCUT2D eigenvalue weighted by Gasteiger charge is 2.10. The van der Waals surface area contributed by atoms with Gasteiger partial charge in [0.15, 0.2) is 0 Å². The molecule has 0 aromatic heterocycles. The van der Waals surface area contributed by atoms with Crippen LogP contribution in [0, 0.1) is 0 Å². The Kier molecular flexibility index (Phi) is 7.92. The smallest absolute Gasteiger partial charge is 0.119 e. The Morgan fingerprint density at radius 1 is 0.880 bits per heavy atom. The molecule has 0 aliphatic carbocycles. The number of nitrogens with zero attached hydrogens (tertiary/aromatic N) is 2. The molecule has 0 saturated carbocycles. The molecule has 0 spiro atoms. The van der Waals surface area contributed by atoms with Gasteiger partial charge in [-0.15, -0.1) is 0 Å². The molecule has 2 aromatic carbocycles. The second kappa shape index (κ2) is 10.2. The largest absolute Gasteiger partial charge is 0.491 e. The number of hydrogen-bond acceptors (Lipinski definition) is 4. The summed E-state index contributed by atoms with van der Waals surface area (Å²) in [4.78, 5) is 4.36. The van der Waals surface area contributed by atoms with Crippen LogP contribution in [-0.2, 0) is 13.1 Å². The topological polar surface area (TPSA) is 35.9 Å². The summed E-state index contributed by atoms with van der Waals surface area (Å²) in [5.41, 5.74) is 2.51. The summed E-state index contributed by atoms with van der Waals surface area (Å²) in [5, 5.41) is 10.2. The predicted octanol–water partition coefficient (Wildman–Crippen LogP) is 3.01. The van der Waals surface area contributed by atoms with Crippen LogP contribution >= 0.6 is 0 Å². The lowest BCUT2D eigenvalue weighted by molar-refractivity contribution is 0.0744. The van der Waals surface area contributed by atoms with Gasteiger partial charge in [-0.05, 0) is 43.9 Å². The Morgan fingerprint density at radius 3 is 2.12 bits per heavy atom. The van der Waals surface area contributed by atoms with Crippen molar-refractivity contribution in [3.05, 3.63) is 65.7 Å². The van der Waals surface area contributed by atoms with Crippen molar-refractivity contribution in [1.82, 2.24) is 9.80 Å². The maximum absolute atomic E-state index is 10.2. The van der Waals surface area contributed by atoms with Gasteiger partial charge in [0.25, 0.3) is 0 Å². The van der Waals surface area contributed by atoms with E-state index in [1.165, 1.54) is 11.1 Å². The van der Waals surface area contributed by atoms with Gasteiger partial charge >= 0.3 is 0 Å². The van der Waals surface area contributed by atoms with Gasteiger partial charge < -0.3 is 14.7 Å². The van der Waals surface area contributed by atoms with Crippen molar-refractivity contribution in [2.45, 2.75) is 26.1 Å². The zero-order chi connectivity index (χ0) is 18.1. The monoisotopic (exact) mass is 342 g/mol. The van der Waals surface area contributed by atoms with Gasteiger partial charge in [0.2, 0.25) is 0 Å². The van der Waals surface area contributed by atoms with Gasteiger partial charge in [-0.25, -0.2) is 0 Å². The summed E-state index contributed by atoms with van der Waals surface area (Å²) in [6.07, 6.45) is -0.514. The number of aliphatic hydroxyl groups is 1. The van der Waals surface area contributed by atoms with E-state index in [-0.39, 0.29) is 0 Å². The van der Waals surface area contributed by atoms with E-state index in [0.717, 1.165) is 25.4 Å². The molecule has 0 aliphatic heterocycles. The van der Waals surface area contributed by atoms with Crippen LogP contribution in [0.25, 0.3) is 0 Å². The minimum Gasteiger partial charge on any atom is -0.491 e. The second-order valence-corrected chi connectivity index (χ2v) is 6.62. The van der Waals surface area contributed by atoms with Crippen molar-refractivity contribution >= 4 is 0 Å². The number of ether oxygens (including phenoxy) is 1. The molecule has 0 bridgehead atoms. The molecular weight excluding hydrogens is 312 g/mol. The normalized spacial score (nSPS) is 12.6. The summed E-state index contributed by atoms with van der Waals surface area (Å²) < 4.78 is 5.71. The van der Waals surface area contributed by atoms with Crippen molar-refractivity contribution in [3.63, 3.8) is 0 Å². The van der Waals surface area contributed by atoms with E-state index in [1.54, 1.807) is 0 Å². The van der Waals surface area contributed by atoms with Crippen molar-refractivity contribution < 1.29 is 9.84 Å². The molecule has 1 N–H and O–H groups in total. The quantitative estimate of drug-likeness (QED) is 0.720. The molecule has 0 saturated heterocycles. The number of rotatable bonds is 10. The Labute approximate surface area is 151 Å². The van der Waals surface area contributed by atoms with Crippen molar-refractivity contribution in [2.75, 3.05) is 33.8 Å². The van der Waals surface area contributed by atoms with Crippen LogP contribution in [0.4, 0.5) is 0 Å². The molecule has 1 atom stereocenters. The van der Waals surface area contributed by atoms with Gasteiger partial charge in [-0.1, -0.05) is 49.4 Å². The zero-order valence-electron chi connectivity index (χ0n) is 15.6. The van der Waals surface area contributed by atoms with E-state index >= 15 is 0 Å². The molecule has 1 unspecified atom stereocenters. The Balaban J connectivity index is 1.73. The molecule has 136 valence electrons. The molecule has 2 aromatic rings. The van der Waals surface area contributed by atoms with E-state index in [2.05, 4.69) is 48.0 Å². The summed E-state index contributed by atoms with van der Waals surface area (Å²) in [6, 6.07) is 18.4. The van der Waals surface area contributed by atoms with Gasteiger partial charge in [-0.2, -0.15) is 0 Å². The first-order valence-electron chi connectivity index (χ1n) is 8.87. The first-order chi connectivity index (χ1) is 12.1. The molecule has 0 fully saturated rings. The molecule has 4 nitrogen and oxygen atoms in total. The van der Waals surface area contributed by atoms with Crippen LogP contribution in [0.2, 0.25) is 0 Å². The minimum absolute atomic E-state index is 0.299. The van der Waals surface area contributed by atoms with E-state index in [1.807, 2.05) is 37.4 Å². The standard InChI is InChI=1S/C21H30N2O2/c1-4-22(2)14-19-10-12-21(13-11-19)25-17-20(24)16-23(3)15-18-8-6-5-7-9-18/h5-13,20,24H,4,14-17H2,1-3H3. The maximum atomic E-state index is 10.2. The van der Waals surface area contributed by atoms with Crippen LogP contribution in [0.1, 0.15) is 18.1 Å². The Morgan fingerprint density at radius 2 is 1.48 bits per heavy atom. The molecule has 0 aliphatic rings. The van der Waals surface area contributed by atoms with Crippen molar-refractivity contribution in [3.8, 4) is 5.75 Å². The number of hydrogen-bond donors (Lipinski definition) is 1. The molecule has 0 radical (unpaired) electrons. The molecular formula is C21H30N2O2. The first kappa shape index (κ1) is 19.4. The Hall–Kier alpha value is -1.88. The lowest BCUT2D eigenvalue weighted by Gasteiger charge is -2.21. The average Bonchev–Trinajstić information content (AvgIpc) is 2.61. The van der Waals surface area contributed by atoms with E-state index in [0.29, 0.717) is 13.2 Å². The van der Waals surface area contributed by atoms with Gasteiger partial charge in [0.05, 0.1) is 0 Å². The third-order valence-corrected chi connectivity index (χ3v) is 4.18. The van der Waals surface area contributed by atoms with Gasteiger partial charge in [0, 0.05) is 19.6 Å². The number of benzene rings is 2. The van der Waals surface area contributed by atoms with E-state index in [4.69, 9.17) is 4.74 Å². The number of aliphatic hydroxyl groups excluding tert-OH is 1. The third kappa shape index (κ3) is 7.26. The third-order valence-electron chi connectivity index (χ3n) is 4.18. The summed E-state index contributed by atoms with van der Waals surface area (Å²) >= 11 is 0. The maximum Gasteiger partial charge on any atom is 0.119 e. The summed E-state index contributed by atoms with van der Waals surface area (Å²) in [7, 11) is 4.11. The fourth-order valence-corrected chi connectivity index (χ4v) is 2.68. The van der Waals surface area contributed by atoms with Crippen LogP contribution in [0.15, 0.2) is 54.6 Å². The van der Waals surface area contributed by atoms with E-state index in [9.17, 15) is 5.11 Å². The van der Waals surface area contributed by atoms with Crippen LogP contribution in [0.3, 0.4) is 0 Å². The SMILES string of the molecule is CCN(C)Cc1ccc(OCC(O)CN(C)Cc2ccccc2)cc1. The molecule has 0 amide bonds. The van der Waals surface area contributed by atoms with Crippen LogP contribution < -0.4 is 4.74 Å². The summed E-state index contributed by atoms with van der Waals surface area (Å²) in [5.74, 6) is 0.799. The van der Waals surface area contributed by atoms with Crippen LogP contribution in [-0.4, -0.2) is 54.8 Å². The molecule has 2 rings (SSSR count). The highest BCUT2D eigenvalue weighted by Crippen LogP contribution is 2.14. The fourth-order valence-electron chi connectivity index (χ4n) is 2.68. The Bertz CT molecular complexity index is 601. The van der Waals surface area contributed by atoms with E-state index < -0.39 is 6.10 Å². The number of likely N-dealkylation sites (N-methyl/N-ethyl adjacent to an activating group) is 1. The predicted molar refractivity (Wildman–Crippen MR) is 103 cm³/mol. The fraction of sp³-hybridized carbons (Fsp3) is 0.429.